The fourth-order valence-corrected chi connectivity index (χ4v) is 6.95. The van der Waals surface area contributed by atoms with Crippen molar-refractivity contribution in [3.05, 3.63) is 100 Å². The number of aliphatic hydroxyl groups excluding tert-OH is 1. The van der Waals surface area contributed by atoms with E-state index in [0.717, 1.165) is 52.2 Å². The lowest BCUT2D eigenvalue weighted by molar-refractivity contribution is 0.136. The molecule has 0 spiro atoms. The molecule has 6 rings (SSSR count). The van der Waals surface area contributed by atoms with Crippen LogP contribution in [0.1, 0.15) is 51.8 Å². The van der Waals surface area contributed by atoms with Gasteiger partial charge in [-0.3, -0.25) is 19.0 Å². The molecule has 4 heterocycles. The Morgan fingerprint density at radius 3 is 2.56 bits per heavy atom. The van der Waals surface area contributed by atoms with E-state index >= 15 is 0 Å². The molecule has 2 N–H and O–H groups in total. The van der Waals surface area contributed by atoms with Crippen LogP contribution in [-0.4, -0.2) is 40.9 Å². The van der Waals surface area contributed by atoms with E-state index in [1.807, 2.05) is 56.1 Å². The molecule has 8 nitrogen and oxygen atoms in total. The first kappa shape index (κ1) is 31.1. The van der Waals surface area contributed by atoms with E-state index in [4.69, 9.17) is 21.6 Å². The number of pyridine rings is 1. The number of aryl methyl sites for hydroxylation is 1. The highest BCUT2D eigenvalue weighted by molar-refractivity contribution is 7.99. The quantitative estimate of drug-likeness (QED) is 0.190. The molecule has 0 fully saturated rings. The summed E-state index contributed by atoms with van der Waals surface area (Å²) >= 11 is 8.28. The average Bonchev–Trinajstić information content (AvgIpc) is 3.38. The zero-order valence-corrected chi connectivity index (χ0v) is 27.4. The number of thioether (sulfide) groups is 1. The molecule has 45 heavy (non-hydrogen) atoms. The van der Waals surface area contributed by atoms with Crippen LogP contribution in [0.2, 0.25) is 5.02 Å². The standard InChI is InChI=1S/C35H37ClN6O2S/c1-21(2)45-26-11-8-23(9-12-26)27-13-10-25(36)17-28(27)29-18-33(43)42(20-38-29)32-7-5-6-22(3)35(44)40-31-19-39-41(4)34(31)24-14-15-37-30(32)16-24/h8-22,32,35,40,44H,5-7H2,1-4H3/t22-,32+,35?/m1/s1. The summed E-state index contributed by atoms with van der Waals surface area (Å²) in [4.78, 5) is 24.6. The second-order valence-corrected chi connectivity index (χ2v) is 14.0. The average molecular weight is 641 g/mol. The van der Waals surface area contributed by atoms with E-state index in [-0.39, 0.29) is 17.5 Å². The number of aliphatic hydroxyl groups is 1. The van der Waals surface area contributed by atoms with Crippen molar-refractivity contribution in [1.29, 1.82) is 0 Å². The SMILES string of the molecule is CC(C)Sc1ccc(-c2ccc(Cl)cc2-c2cc(=O)n([C@H]3CCC[C@@H](C)C(O)Nc4cnn(C)c4-c4ccnc3c4)cn2)cc1. The minimum Gasteiger partial charge on any atom is -0.374 e. The van der Waals surface area contributed by atoms with Gasteiger partial charge in [0.05, 0.1) is 41.3 Å². The number of halogens is 1. The van der Waals surface area contributed by atoms with Crippen molar-refractivity contribution in [1.82, 2.24) is 24.3 Å². The Bertz CT molecular complexity index is 1870. The van der Waals surface area contributed by atoms with Crippen LogP contribution in [0.5, 0.6) is 0 Å². The predicted molar refractivity (Wildman–Crippen MR) is 183 cm³/mol. The highest BCUT2D eigenvalue weighted by Crippen LogP contribution is 2.36. The number of anilines is 1. The third kappa shape index (κ3) is 6.71. The zero-order chi connectivity index (χ0) is 31.7. The minimum atomic E-state index is -0.729. The molecule has 2 bridgehead atoms. The van der Waals surface area contributed by atoms with E-state index in [2.05, 4.69) is 48.5 Å². The van der Waals surface area contributed by atoms with Gasteiger partial charge in [0.2, 0.25) is 0 Å². The molecule has 0 saturated carbocycles. The number of hydrogen-bond acceptors (Lipinski definition) is 7. The summed E-state index contributed by atoms with van der Waals surface area (Å²) < 4.78 is 3.45. The molecule has 0 saturated heterocycles. The summed E-state index contributed by atoms with van der Waals surface area (Å²) in [6.45, 7) is 6.38. The van der Waals surface area contributed by atoms with Gasteiger partial charge in [-0.2, -0.15) is 5.10 Å². The second kappa shape index (κ2) is 13.2. The van der Waals surface area contributed by atoms with E-state index < -0.39 is 6.23 Å². The van der Waals surface area contributed by atoms with Crippen molar-refractivity contribution < 1.29 is 5.11 Å². The Balaban J connectivity index is 1.39. The lowest BCUT2D eigenvalue weighted by Crippen LogP contribution is -2.29. The van der Waals surface area contributed by atoms with Gasteiger partial charge in [0.1, 0.15) is 6.23 Å². The van der Waals surface area contributed by atoms with Gasteiger partial charge in [0, 0.05) is 51.5 Å². The first-order valence-electron chi connectivity index (χ1n) is 15.3. The van der Waals surface area contributed by atoms with Crippen LogP contribution in [-0.2, 0) is 7.05 Å². The van der Waals surface area contributed by atoms with Gasteiger partial charge < -0.3 is 10.4 Å². The molecule has 0 radical (unpaired) electrons. The Hall–Kier alpha value is -3.92. The molecule has 0 amide bonds. The summed E-state index contributed by atoms with van der Waals surface area (Å²) in [5.41, 5.74) is 6.43. The number of nitrogens with zero attached hydrogens (tertiary/aromatic N) is 5. The van der Waals surface area contributed by atoms with Gasteiger partial charge >= 0.3 is 0 Å². The predicted octanol–water partition coefficient (Wildman–Crippen LogP) is 7.67. The van der Waals surface area contributed by atoms with E-state index in [0.29, 0.717) is 22.4 Å². The summed E-state index contributed by atoms with van der Waals surface area (Å²) in [5, 5.41) is 19.6. The summed E-state index contributed by atoms with van der Waals surface area (Å²) in [6.07, 6.45) is 6.60. The van der Waals surface area contributed by atoms with Crippen LogP contribution < -0.4 is 10.9 Å². The van der Waals surface area contributed by atoms with Crippen molar-refractivity contribution in [3.63, 3.8) is 0 Å². The van der Waals surface area contributed by atoms with Gasteiger partial charge in [-0.05, 0) is 60.4 Å². The van der Waals surface area contributed by atoms with Crippen molar-refractivity contribution in [3.8, 4) is 33.6 Å². The third-order valence-electron chi connectivity index (χ3n) is 8.28. The van der Waals surface area contributed by atoms with Crippen molar-refractivity contribution in [2.24, 2.45) is 13.0 Å². The molecule has 3 aromatic heterocycles. The fraction of sp³-hybridized carbons (Fsp3) is 0.314. The molecule has 1 aliphatic heterocycles. The molecule has 1 aliphatic rings. The Morgan fingerprint density at radius 2 is 1.80 bits per heavy atom. The number of rotatable bonds is 5. The maximum Gasteiger partial charge on any atom is 0.254 e. The summed E-state index contributed by atoms with van der Waals surface area (Å²) in [5.74, 6) is -0.0130. The second-order valence-electron chi connectivity index (χ2n) is 11.9. The molecular formula is C35H37ClN6O2S. The number of aromatic nitrogens is 5. The van der Waals surface area contributed by atoms with Crippen LogP contribution in [0.15, 0.2) is 89.1 Å². The molecular weight excluding hydrogens is 604 g/mol. The van der Waals surface area contributed by atoms with E-state index in [1.165, 1.54) is 4.90 Å². The van der Waals surface area contributed by atoms with E-state index in [9.17, 15) is 9.90 Å². The van der Waals surface area contributed by atoms with Gasteiger partial charge in [-0.25, -0.2) is 4.98 Å². The monoisotopic (exact) mass is 640 g/mol. The Labute approximate surface area is 272 Å². The van der Waals surface area contributed by atoms with Gasteiger partial charge in [0.15, 0.2) is 0 Å². The number of benzene rings is 2. The lowest BCUT2D eigenvalue weighted by atomic mass is 9.96. The lowest BCUT2D eigenvalue weighted by Gasteiger charge is -2.25. The van der Waals surface area contributed by atoms with Gasteiger partial charge in [-0.15, -0.1) is 11.8 Å². The van der Waals surface area contributed by atoms with Crippen molar-refractivity contribution in [2.45, 2.75) is 62.4 Å². The smallest absolute Gasteiger partial charge is 0.254 e. The largest absolute Gasteiger partial charge is 0.374 e. The number of fused-ring (bicyclic) bond motifs is 4. The maximum atomic E-state index is 13.9. The Morgan fingerprint density at radius 1 is 1.00 bits per heavy atom. The van der Waals surface area contributed by atoms with Crippen molar-refractivity contribution in [2.75, 3.05) is 5.32 Å². The fourth-order valence-electron chi connectivity index (χ4n) is 5.94. The summed E-state index contributed by atoms with van der Waals surface area (Å²) in [7, 11) is 1.87. The van der Waals surface area contributed by atoms with Crippen LogP contribution >= 0.6 is 23.4 Å². The normalized spacial score (nSPS) is 18.5. The summed E-state index contributed by atoms with van der Waals surface area (Å²) in [6, 6.07) is 19.3. The maximum absolute atomic E-state index is 13.9. The molecule has 10 heteroatoms. The molecule has 2 aromatic carbocycles. The number of nitrogens with one attached hydrogen (secondary N) is 1. The minimum absolute atomic E-state index is 0.0130. The zero-order valence-electron chi connectivity index (χ0n) is 25.8. The molecule has 3 atom stereocenters. The highest BCUT2D eigenvalue weighted by Gasteiger charge is 2.24. The van der Waals surface area contributed by atoms with Crippen LogP contribution in [0.3, 0.4) is 0 Å². The van der Waals surface area contributed by atoms with Gasteiger partial charge in [0.25, 0.3) is 5.56 Å². The van der Waals surface area contributed by atoms with Crippen LogP contribution in [0.4, 0.5) is 5.69 Å². The molecule has 1 unspecified atom stereocenters. The van der Waals surface area contributed by atoms with E-state index in [1.54, 1.807) is 34.0 Å². The first-order valence-corrected chi connectivity index (χ1v) is 16.5. The molecule has 0 aliphatic carbocycles. The molecule has 5 aromatic rings. The number of hydrogen-bond donors (Lipinski definition) is 2. The van der Waals surface area contributed by atoms with Crippen LogP contribution in [0, 0.1) is 5.92 Å². The third-order valence-corrected chi connectivity index (χ3v) is 9.53. The Kier molecular flexibility index (Phi) is 9.12. The first-order chi connectivity index (χ1) is 21.7. The molecule has 232 valence electrons. The van der Waals surface area contributed by atoms with Gasteiger partial charge in [-0.1, -0.05) is 57.0 Å². The topological polar surface area (TPSA) is 97.9 Å². The highest BCUT2D eigenvalue weighted by atomic mass is 35.5. The van der Waals surface area contributed by atoms with Crippen LogP contribution in [0.25, 0.3) is 33.6 Å². The van der Waals surface area contributed by atoms with Crippen molar-refractivity contribution >= 4 is 29.1 Å².